The maximum absolute atomic E-state index is 12.2. The molecule has 1 aliphatic heterocycles. The van der Waals surface area contributed by atoms with Gasteiger partial charge in [-0.1, -0.05) is 6.07 Å². The zero-order valence-corrected chi connectivity index (χ0v) is 12.5. The predicted molar refractivity (Wildman–Crippen MR) is 81.3 cm³/mol. The zero-order valence-electron chi connectivity index (χ0n) is 12.5. The molecule has 0 aliphatic carbocycles. The van der Waals surface area contributed by atoms with E-state index in [1.54, 1.807) is 30.1 Å². The van der Waals surface area contributed by atoms with E-state index in [9.17, 15) is 9.59 Å². The first-order chi connectivity index (χ1) is 10.0. The molecule has 1 aromatic carbocycles. The fourth-order valence-corrected chi connectivity index (χ4v) is 2.61. The number of para-hydroxylation sites is 1. The normalized spacial score (nSPS) is 14.1. The zero-order chi connectivity index (χ0) is 15.4. The topological polar surface area (TPSA) is 75.9 Å². The van der Waals surface area contributed by atoms with E-state index >= 15 is 0 Å². The average molecular weight is 291 g/mol. The largest absolute Gasteiger partial charge is 0.465 e. The first-order valence-corrected chi connectivity index (χ1v) is 7.00. The number of hydrogen-bond donors (Lipinski definition) is 1. The smallest absolute Gasteiger partial charge is 0.340 e. The van der Waals surface area contributed by atoms with Crippen LogP contribution in [0.15, 0.2) is 18.2 Å². The summed E-state index contributed by atoms with van der Waals surface area (Å²) in [5.41, 5.74) is 7.33. The molecular weight excluding hydrogens is 270 g/mol. The molecule has 0 saturated carbocycles. The van der Waals surface area contributed by atoms with Crippen LogP contribution in [0.4, 0.5) is 11.4 Å². The second kappa shape index (κ2) is 6.47. The van der Waals surface area contributed by atoms with Crippen molar-refractivity contribution in [1.29, 1.82) is 0 Å². The van der Waals surface area contributed by atoms with E-state index in [0.29, 0.717) is 16.9 Å². The Hall–Kier alpha value is -2.24. The van der Waals surface area contributed by atoms with Gasteiger partial charge < -0.3 is 20.3 Å². The van der Waals surface area contributed by atoms with Crippen molar-refractivity contribution in [3.63, 3.8) is 0 Å². The molecular formula is C15H21N3O3. The maximum Gasteiger partial charge on any atom is 0.340 e. The van der Waals surface area contributed by atoms with Gasteiger partial charge in [-0.2, -0.15) is 0 Å². The fourth-order valence-electron chi connectivity index (χ4n) is 2.61. The Labute approximate surface area is 124 Å². The lowest BCUT2D eigenvalue weighted by molar-refractivity contribution is -0.128. The number of methoxy groups -OCH3 is 1. The molecule has 0 radical (unpaired) electrons. The number of nitrogens with two attached hydrogens (primary N) is 1. The molecule has 0 aromatic heterocycles. The summed E-state index contributed by atoms with van der Waals surface area (Å²) < 4.78 is 4.77. The number of rotatable bonds is 4. The summed E-state index contributed by atoms with van der Waals surface area (Å²) in [6.07, 6.45) is 2.10. The van der Waals surface area contributed by atoms with Crippen LogP contribution in [-0.4, -0.2) is 50.6 Å². The van der Waals surface area contributed by atoms with Gasteiger partial charge in [-0.25, -0.2) is 4.79 Å². The number of likely N-dealkylation sites (tertiary alicyclic amines) is 1. The highest BCUT2D eigenvalue weighted by Gasteiger charge is 2.23. The number of nitrogens with zero attached hydrogens (tertiary/aromatic N) is 2. The highest BCUT2D eigenvalue weighted by molar-refractivity contribution is 6.00. The van der Waals surface area contributed by atoms with Crippen LogP contribution < -0.4 is 10.6 Å². The third-order valence-corrected chi connectivity index (χ3v) is 3.69. The summed E-state index contributed by atoms with van der Waals surface area (Å²) in [5.74, 6) is -0.410. The molecule has 2 N–H and O–H groups in total. The number of carbonyl (C=O) groups is 2. The van der Waals surface area contributed by atoms with Crippen molar-refractivity contribution in [2.75, 3.05) is 44.4 Å². The highest BCUT2D eigenvalue weighted by atomic mass is 16.5. The number of ether oxygens (including phenoxy) is 1. The number of anilines is 2. The van der Waals surface area contributed by atoms with E-state index in [-0.39, 0.29) is 12.5 Å². The lowest BCUT2D eigenvalue weighted by Crippen LogP contribution is -2.38. The summed E-state index contributed by atoms with van der Waals surface area (Å²) >= 11 is 0. The molecule has 0 bridgehead atoms. The Bertz CT molecular complexity index is 539. The van der Waals surface area contributed by atoms with E-state index in [1.807, 2.05) is 4.90 Å². The Morgan fingerprint density at radius 2 is 2.00 bits per heavy atom. The van der Waals surface area contributed by atoms with Crippen molar-refractivity contribution in [1.82, 2.24) is 4.90 Å². The summed E-state index contributed by atoms with van der Waals surface area (Å²) in [6, 6.07) is 5.05. The Morgan fingerprint density at radius 3 is 2.62 bits per heavy atom. The van der Waals surface area contributed by atoms with E-state index < -0.39 is 5.97 Å². The Morgan fingerprint density at radius 1 is 1.33 bits per heavy atom. The minimum Gasteiger partial charge on any atom is -0.465 e. The van der Waals surface area contributed by atoms with Gasteiger partial charge in [-0.05, 0) is 25.0 Å². The number of likely N-dealkylation sites (N-methyl/N-ethyl adjacent to an activating group) is 1. The van der Waals surface area contributed by atoms with Crippen LogP contribution >= 0.6 is 0 Å². The van der Waals surface area contributed by atoms with Gasteiger partial charge in [0.1, 0.15) is 0 Å². The number of amides is 1. The third-order valence-electron chi connectivity index (χ3n) is 3.69. The van der Waals surface area contributed by atoms with Gasteiger partial charge in [0, 0.05) is 20.1 Å². The van der Waals surface area contributed by atoms with Crippen LogP contribution in [0.2, 0.25) is 0 Å². The average Bonchev–Trinajstić information content (AvgIpc) is 3.00. The number of hydrogen-bond acceptors (Lipinski definition) is 5. The molecule has 0 atom stereocenters. The van der Waals surface area contributed by atoms with Crippen LogP contribution in [0.25, 0.3) is 0 Å². The van der Waals surface area contributed by atoms with E-state index in [1.165, 1.54) is 7.11 Å². The molecule has 6 heteroatoms. The molecule has 0 spiro atoms. The first kappa shape index (κ1) is 15.2. The van der Waals surface area contributed by atoms with Crippen LogP contribution in [0.5, 0.6) is 0 Å². The van der Waals surface area contributed by atoms with Crippen molar-refractivity contribution >= 4 is 23.3 Å². The second-order valence-electron chi connectivity index (χ2n) is 5.18. The van der Waals surface area contributed by atoms with E-state index in [2.05, 4.69) is 0 Å². The van der Waals surface area contributed by atoms with Gasteiger partial charge in [-0.15, -0.1) is 0 Å². The predicted octanol–water partition coefficient (Wildman–Crippen LogP) is 1.11. The summed E-state index contributed by atoms with van der Waals surface area (Å²) in [7, 11) is 3.08. The minimum absolute atomic E-state index is 0.0501. The number of benzene rings is 1. The lowest BCUT2D eigenvalue weighted by atomic mass is 10.1. The molecule has 114 valence electrons. The molecule has 1 amide bonds. The van der Waals surface area contributed by atoms with Crippen LogP contribution in [-0.2, 0) is 9.53 Å². The van der Waals surface area contributed by atoms with Gasteiger partial charge >= 0.3 is 5.97 Å². The van der Waals surface area contributed by atoms with Crippen molar-refractivity contribution in [3.05, 3.63) is 23.8 Å². The number of nitrogen functional groups attached to an aromatic ring is 1. The van der Waals surface area contributed by atoms with Crippen molar-refractivity contribution in [2.45, 2.75) is 12.8 Å². The van der Waals surface area contributed by atoms with E-state index in [0.717, 1.165) is 25.9 Å². The first-order valence-electron chi connectivity index (χ1n) is 7.00. The fraction of sp³-hybridized carbons (Fsp3) is 0.467. The van der Waals surface area contributed by atoms with Gasteiger partial charge in [0.25, 0.3) is 0 Å². The maximum atomic E-state index is 12.2. The molecule has 0 unspecified atom stereocenters. The molecule has 1 aromatic rings. The SMILES string of the molecule is COC(=O)c1cccc(N)c1N(C)CC(=O)N1CCCC1. The summed E-state index contributed by atoms with van der Waals surface area (Å²) in [5, 5.41) is 0. The van der Waals surface area contributed by atoms with Crippen molar-refractivity contribution in [2.24, 2.45) is 0 Å². The van der Waals surface area contributed by atoms with Gasteiger partial charge in [0.05, 0.1) is 30.6 Å². The molecule has 6 nitrogen and oxygen atoms in total. The second-order valence-corrected chi connectivity index (χ2v) is 5.18. The third kappa shape index (κ3) is 3.26. The molecule has 1 aliphatic rings. The quantitative estimate of drug-likeness (QED) is 0.664. The Kier molecular flexibility index (Phi) is 4.67. The monoisotopic (exact) mass is 291 g/mol. The van der Waals surface area contributed by atoms with Crippen molar-refractivity contribution < 1.29 is 14.3 Å². The van der Waals surface area contributed by atoms with E-state index in [4.69, 9.17) is 10.5 Å². The van der Waals surface area contributed by atoms with Crippen LogP contribution in [0, 0.1) is 0 Å². The lowest BCUT2D eigenvalue weighted by Gasteiger charge is -2.25. The van der Waals surface area contributed by atoms with Crippen LogP contribution in [0.1, 0.15) is 23.2 Å². The standard InChI is InChI=1S/C15H21N3O3/c1-17(10-13(19)18-8-3-4-9-18)14-11(15(20)21-2)6-5-7-12(14)16/h5-7H,3-4,8-10,16H2,1-2H3. The molecule has 1 saturated heterocycles. The molecule has 21 heavy (non-hydrogen) atoms. The Balaban J connectivity index is 2.19. The van der Waals surface area contributed by atoms with Crippen molar-refractivity contribution in [3.8, 4) is 0 Å². The molecule has 1 heterocycles. The number of carbonyl (C=O) groups excluding carboxylic acids is 2. The van der Waals surface area contributed by atoms with Gasteiger partial charge in [0.2, 0.25) is 5.91 Å². The summed E-state index contributed by atoms with van der Waals surface area (Å²) in [4.78, 5) is 27.6. The summed E-state index contributed by atoms with van der Waals surface area (Å²) in [6.45, 7) is 1.81. The minimum atomic E-state index is -0.460. The van der Waals surface area contributed by atoms with Gasteiger partial charge in [0.15, 0.2) is 0 Å². The van der Waals surface area contributed by atoms with Gasteiger partial charge in [-0.3, -0.25) is 4.79 Å². The van der Waals surface area contributed by atoms with Crippen LogP contribution in [0.3, 0.4) is 0 Å². The highest BCUT2D eigenvalue weighted by Crippen LogP contribution is 2.27. The number of esters is 1. The molecule has 2 rings (SSSR count). The molecule has 1 fully saturated rings.